The zero-order valence-electron chi connectivity index (χ0n) is 13.2. The topological polar surface area (TPSA) is 40.0 Å². The molecule has 1 aromatic rings. The second-order valence-corrected chi connectivity index (χ2v) is 5.74. The van der Waals surface area contributed by atoms with Crippen molar-refractivity contribution in [3.8, 4) is 5.75 Å². The summed E-state index contributed by atoms with van der Waals surface area (Å²) in [5.41, 5.74) is 1.13. The molecule has 0 unspecified atom stereocenters. The van der Waals surface area contributed by atoms with E-state index in [1.54, 1.807) is 11.8 Å². The van der Waals surface area contributed by atoms with Gasteiger partial charge in [-0.05, 0) is 37.6 Å². The molecule has 0 amide bonds. The maximum atomic E-state index is 5.70. The van der Waals surface area contributed by atoms with Gasteiger partial charge in [0.15, 0.2) is 6.29 Å². The second kappa shape index (κ2) is 9.66. The number of thioether (sulfide) groups is 1. The molecule has 0 saturated carbocycles. The van der Waals surface area contributed by atoms with Gasteiger partial charge < -0.3 is 14.2 Å². The first kappa shape index (κ1) is 17.1. The summed E-state index contributed by atoms with van der Waals surface area (Å²) in [7, 11) is 0. The Labute approximate surface area is 136 Å². The van der Waals surface area contributed by atoms with E-state index < -0.39 is 0 Å². The van der Waals surface area contributed by atoms with Crippen LogP contribution < -0.4 is 4.74 Å². The second-order valence-electron chi connectivity index (χ2n) is 4.62. The molecular formula is C17H23NO3S. The van der Waals surface area contributed by atoms with Crippen LogP contribution >= 0.6 is 11.8 Å². The van der Waals surface area contributed by atoms with Gasteiger partial charge in [-0.15, -0.1) is 11.8 Å². The number of benzene rings is 1. The average molecular weight is 321 g/mol. The highest BCUT2D eigenvalue weighted by Crippen LogP contribution is 2.17. The van der Waals surface area contributed by atoms with Crippen molar-refractivity contribution >= 4 is 22.9 Å². The van der Waals surface area contributed by atoms with Gasteiger partial charge in [-0.25, -0.2) is 0 Å². The number of aliphatic imine (C=N–C) groups is 1. The van der Waals surface area contributed by atoms with Gasteiger partial charge in [-0.1, -0.05) is 18.2 Å². The van der Waals surface area contributed by atoms with Gasteiger partial charge in [0, 0.05) is 25.5 Å². The summed E-state index contributed by atoms with van der Waals surface area (Å²) in [6, 6.07) is 7.97. The molecule has 0 atom stereocenters. The molecule has 0 aliphatic carbocycles. The van der Waals surface area contributed by atoms with E-state index in [2.05, 4.69) is 17.1 Å². The zero-order valence-corrected chi connectivity index (χ0v) is 14.0. The summed E-state index contributed by atoms with van der Waals surface area (Å²) >= 11 is 1.80. The van der Waals surface area contributed by atoms with Crippen LogP contribution in [0.3, 0.4) is 0 Å². The number of hydrogen-bond acceptors (Lipinski definition) is 5. The van der Waals surface area contributed by atoms with E-state index in [0.29, 0.717) is 19.8 Å². The summed E-state index contributed by atoms with van der Waals surface area (Å²) in [5.74, 6) is 1.90. The molecule has 0 N–H and O–H groups in total. The normalized spacial score (nSPS) is 14.8. The number of hydrogen-bond donors (Lipinski definition) is 0. The van der Waals surface area contributed by atoms with Crippen LogP contribution in [0, 0.1) is 0 Å². The fourth-order valence-electron chi connectivity index (χ4n) is 1.98. The minimum Gasteiger partial charge on any atom is -0.488 e. The van der Waals surface area contributed by atoms with Crippen LogP contribution in [0.5, 0.6) is 5.75 Å². The van der Waals surface area contributed by atoms with Gasteiger partial charge in [0.25, 0.3) is 0 Å². The van der Waals surface area contributed by atoms with E-state index in [0.717, 1.165) is 28.7 Å². The van der Waals surface area contributed by atoms with Gasteiger partial charge in [-0.3, -0.25) is 4.99 Å². The summed E-state index contributed by atoms with van der Waals surface area (Å²) in [4.78, 5) is 4.39. The summed E-state index contributed by atoms with van der Waals surface area (Å²) in [5, 5.41) is 1.11. The molecule has 120 valence electrons. The van der Waals surface area contributed by atoms with E-state index in [1.165, 1.54) is 0 Å². The third kappa shape index (κ3) is 5.83. The molecule has 0 fully saturated rings. The van der Waals surface area contributed by atoms with Crippen molar-refractivity contribution in [1.82, 2.24) is 0 Å². The van der Waals surface area contributed by atoms with Crippen LogP contribution in [-0.2, 0) is 9.47 Å². The van der Waals surface area contributed by atoms with Gasteiger partial charge >= 0.3 is 0 Å². The average Bonchev–Trinajstić information content (AvgIpc) is 3.05. The fourth-order valence-corrected chi connectivity index (χ4v) is 2.71. The van der Waals surface area contributed by atoms with Crippen molar-refractivity contribution in [2.75, 3.05) is 32.1 Å². The van der Waals surface area contributed by atoms with Crippen molar-refractivity contribution in [2.24, 2.45) is 4.99 Å². The molecule has 22 heavy (non-hydrogen) atoms. The van der Waals surface area contributed by atoms with E-state index in [4.69, 9.17) is 14.2 Å². The number of rotatable bonds is 9. The van der Waals surface area contributed by atoms with Gasteiger partial charge in [0.1, 0.15) is 12.4 Å². The molecular weight excluding hydrogens is 298 g/mol. The molecule has 2 rings (SSSR count). The zero-order chi connectivity index (χ0) is 15.6. The van der Waals surface area contributed by atoms with E-state index in [9.17, 15) is 0 Å². The molecule has 0 bridgehead atoms. The highest BCUT2D eigenvalue weighted by molar-refractivity contribution is 8.14. The van der Waals surface area contributed by atoms with Crippen molar-refractivity contribution in [3.05, 3.63) is 35.9 Å². The third-order valence-electron chi connectivity index (χ3n) is 3.00. The van der Waals surface area contributed by atoms with Crippen LogP contribution in [-0.4, -0.2) is 43.5 Å². The van der Waals surface area contributed by atoms with Gasteiger partial charge in [0.2, 0.25) is 0 Å². The highest BCUT2D eigenvalue weighted by Gasteiger charge is 2.08. The van der Waals surface area contributed by atoms with Crippen molar-refractivity contribution in [2.45, 2.75) is 20.1 Å². The lowest BCUT2D eigenvalue weighted by Crippen LogP contribution is -2.25. The molecule has 0 saturated heterocycles. The first-order chi connectivity index (χ1) is 10.8. The van der Waals surface area contributed by atoms with E-state index >= 15 is 0 Å². The molecule has 4 nitrogen and oxygen atoms in total. The molecule has 1 aliphatic rings. The summed E-state index contributed by atoms with van der Waals surface area (Å²) in [6.07, 6.45) is 3.82. The van der Waals surface area contributed by atoms with Gasteiger partial charge in [0.05, 0.1) is 5.04 Å². The SMILES string of the molecule is CCOC(COc1ccc(/C=C/C2=NCCS2)cc1)OCC. The Morgan fingerprint density at radius 1 is 1.14 bits per heavy atom. The Kier molecular flexibility index (Phi) is 7.49. The molecule has 0 aromatic heterocycles. The number of nitrogens with zero attached hydrogens (tertiary/aromatic N) is 1. The standard InChI is InChI=1S/C17H23NO3S/c1-3-19-17(20-4-2)13-21-15-8-5-14(6-9-15)7-10-16-18-11-12-22-16/h5-10,17H,3-4,11-13H2,1-2H3/b10-7+. The first-order valence-electron chi connectivity index (χ1n) is 7.63. The number of ether oxygens (including phenoxy) is 3. The monoisotopic (exact) mass is 321 g/mol. The summed E-state index contributed by atoms with van der Waals surface area (Å²) in [6.45, 7) is 6.43. The molecule has 1 aromatic carbocycles. The Bertz CT molecular complexity index is 493. The molecule has 1 heterocycles. The van der Waals surface area contributed by atoms with E-state index in [-0.39, 0.29) is 6.29 Å². The molecule has 0 radical (unpaired) electrons. The van der Waals surface area contributed by atoms with Crippen molar-refractivity contribution in [1.29, 1.82) is 0 Å². The van der Waals surface area contributed by atoms with Crippen molar-refractivity contribution < 1.29 is 14.2 Å². The molecule has 0 spiro atoms. The van der Waals surface area contributed by atoms with Gasteiger partial charge in [-0.2, -0.15) is 0 Å². The Morgan fingerprint density at radius 3 is 2.45 bits per heavy atom. The minimum absolute atomic E-state index is 0.313. The minimum atomic E-state index is -0.313. The van der Waals surface area contributed by atoms with Crippen LogP contribution in [0.4, 0.5) is 0 Å². The fraction of sp³-hybridized carbons (Fsp3) is 0.471. The third-order valence-corrected chi connectivity index (χ3v) is 3.95. The summed E-state index contributed by atoms with van der Waals surface area (Å²) < 4.78 is 16.6. The quantitative estimate of drug-likeness (QED) is 0.651. The largest absolute Gasteiger partial charge is 0.488 e. The Morgan fingerprint density at radius 2 is 1.86 bits per heavy atom. The Hall–Kier alpha value is -1.30. The molecule has 1 aliphatic heterocycles. The predicted molar refractivity (Wildman–Crippen MR) is 92.8 cm³/mol. The first-order valence-corrected chi connectivity index (χ1v) is 8.61. The lowest BCUT2D eigenvalue weighted by Gasteiger charge is -2.17. The van der Waals surface area contributed by atoms with Crippen LogP contribution in [0.25, 0.3) is 6.08 Å². The van der Waals surface area contributed by atoms with Crippen LogP contribution in [0.1, 0.15) is 19.4 Å². The lowest BCUT2D eigenvalue weighted by atomic mass is 10.2. The Balaban J connectivity index is 1.83. The maximum Gasteiger partial charge on any atom is 0.191 e. The molecule has 5 heteroatoms. The van der Waals surface area contributed by atoms with Crippen LogP contribution in [0.15, 0.2) is 35.3 Å². The predicted octanol–water partition coefficient (Wildman–Crippen LogP) is 3.62. The maximum absolute atomic E-state index is 5.70. The van der Waals surface area contributed by atoms with Crippen LogP contribution in [0.2, 0.25) is 0 Å². The highest BCUT2D eigenvalue weighted by atomic mass is 32.2. The van der Waals surface area contributed by atoms with Crippen molar-refractivity contribution in [3.63, 3.8) is 0 Å². The van der Waals surface area contributed by atoms with E-state index in [1.807, 2.05) is 38.1 Å². The lowest BCUT2D eigenvalue weighted by molar-refractivity contribution is -0.152. The smallest absolute Gasteiger partial charge is 0.191 e.